The summed E-state index contributed by atoms with van der Waals surface area (Å²) >= 11 is 0. The molecule has 6 unspecified atom stereocenters. The van der Waals surface area contributed by atoms with Crippen molar-refractivity contribution in [3.63, 3.8) is 0 Å². The highest BCUT2D eigenvalue weighted by molar-refractivity contribution is 5.87. The van der Waals surface area contributed by atoms with E-state index in [-0.39, 0.29) is 21.4 Å². The maximum Gasteiger partial charge on any atom is 0.407 e. The fraction of sp³-hybridized carbons (Fsp3) is 0.436. The fourth-order valence-electron chi connectivity index (χ4n) is 9.72. The summed E-state index contributed by atoms with van der Waals surface area (Å²) in [6, 6.07) is 9.94. The molecule has 6 atom stereocenters. The number of pyridine rings is 2. The van der Waals surface area contributed by atoms with Crippen molar-refractivity contribution in [2.45, 2.75) is 90.2 Å². The molecule has 6 N–H and O–H groups in total. The van der Waals surface area contributed by atoms with Gasteiger partial charge in [0, 0.05) is 80.1 Å². The van der Waals surface area contributed by atoms with Crippen LogP contribution in [0.25, 0.3) is 11.1 Å². The summed E-state index contributed by atoms with van der Waals surface area (Å²) in [4.78, 5) is 65.9. The van der Waals surface area contributed by atoms with Crippen molar-refractivity contribution in [3.8, 4) is 23.0 Å². The second-order valence-electron chi connectivity index (χ2n) is 21.4. The molecule has 5 heterocycles. The van der Waals surface area contributed by atoms with Crippen molar-refractivity contribution in [2.24, 2.45) is 22.7 Å². The number of benzene rings is 2. The Bertz CT molecular complexity index is 3120. The van der Waals surface area contributed by atoms with Gasteiger partial charge in [0.1, 0.15) is 35.4 Å². The van der Waals surface area contributed by atoms with Crippen LogP contribution in [0.1, 0.15) is 62.9 Å². The minimum absolute atomic E-state index is 0.187. The highest BCUT2D eigenvalue weighted by Gasteiger charge is 2.57. The maximum absolute atomic E-state index is 16.0. The van der Waals surface area contributed by atoms with E-state index >= 15 is 8.78 Å². The van der Waals surface area contributed by atoms with Crippen LogP contribution in [0, 0.1) is 46.1 Å². The third kappa shape index (κ3) is 15.3. The fourth-order valence-corrected chi connectivity index (χ4v) is 9.72. The zero-order valence-corrected chi connectivity index (χ0v) is 45.2. The number of aromatic nitrogens is 4. The number of rotatable bonds is 19. The van der Waals surface area contributed by atoms with Gasteiger partial charge in [0.15, 0.2) is 0 Å². The molecule has 2 saturated heterocycles. The van der Waals surface area contributed by atoms with E-state index in [9.17, 15) is 64.5 Å². The number of amides is 4. The summed E-state index contributed by atoms with van der Waals surface area (Å²) in [5.74, 6) is 2.40. The Morgan fingerprint density at radius 3 is 1.82 bits per heavy atom. The van der Waals surface area contributed by atoms with Crippen LogP contribution in [0.2, 0.25) is 0 Å². The van der Waals surface area contributed by atoms with Gasteiger partial charge in [0.05, 0.1) is 36.3 Å². The molecule has 2 fully saturated rings. The van der Waals surface area contributed by atoms with Gasteiger partial charge in [-0.2, -0.15) is 40.2 Å². The number of alkyl halides is 8. The van der Waals surface area contributed by atoms with Gasteiger partial charge in [0.25, 0.3) is 5.91 Å². The van der Waals surface area contributed by atoms with E-state index in [1.165, 1.54) is 29.6 Å². The number of piperidine rings is 2. The maximum atomic E-state index is 16.0. The largest absolute Gasteiger partial charge is 0.465 e. The lowest BCUT2D eigenvalue weighted by Gasteiger charge is -2.46. The van der Waals surface area contributed by atoms with Crippen LogP contribution in [-0.4, -0.2) is 135 Å². The Morgan fingerprint density at radius 2 is 1.31 bits per heavy atom. The summed E-state index contributed by atoms with van der Waals surface area (Å²) in [6.45, 7) is 0.00102. The van der Waals surface area contributed by atoms with Crippen molar-refractivity contribution >= 4 is 35.6 Å². The van der Waals surface area contributed by atoms with Crippen LogP contribution in [0.5, 0.6) is 0 Å². The van der Waals surface area contributed by atoms with Gasteiger partial charge in [-0.25, -0.2) is 38.0 Å². The van der Waals surface area contributed by atoms with E-state index in [1.807, 2.05) is 41.1 Å². The number of hydrazine groups is 1. The molecular formula is C55H59F10N11O7. The lowest BCUT2D eigenvalue weighted by atomic mass is 9.82. The second kappa shape index (κ2) is 25.5. The van der Waals surface area contributed by atoms with Crippen LogP contribution < -0.4 is 31.2 Å². The number of nitrogens with zero attached hydrogens (tertiary/aromatic N) is 7. The first-order valence-corrected chi connectivity index (χ1v) is 25.7. The first-order valence-electron chi connectivity index (χ1n) is 25.7. The molecule has 0 radical (unpaired) electrons. The molecule has 4 amide bonds. The lowest BCUT2D eigenvalue weighted by Crippen LogP contribution is -2.63. The van der Waals surface area contributed by atoms with Gasteiger partial charge >= 0.3 is 31.1 Å². The highest BCUT2D eigenvalue weighted by atomic mass is 19.4. The molecule has 3 aromatic heterocycles. The molecule has 0 aliphatic carbocycles. The van der Waals surface area contributed by atoms with Crippen molar-refractivity contribution in [1.82, 2.24) is 46.1 Å². The number of ether oxygens (including phenoxy) is 1. The Hall–Kier alpha value is -8.19. The van der Waals surface area contributed by atoms with Crippen LogP contribution in [0.3, 0.4) is 0 Å². The van der Waals surface area contributed by atoms with Crippen LogP contribution in [0.15, 0.2) is 91.5 Å². The molecule has 18 nitrogen and oxygen atoms in total. The third-order valence-electron chi connectivity index (χ3n) is 14.6. The Morgan fingerprint density at radius 1 is 0.747 bits per heavy atom. The number of carbonyl (C=O) groups excluding carboxylic acids is 3. The van der Waals surface area contributed by atoms with E-state index in [0.717, 1.165) is 63.7 Å². The Kier molecular flexibility index (Phi) is 19.2. The van der Waals surface area contributed by atoms with Gasteiger partial charge in [0.2, 0.25) is 5.91 Å². The number of halogens is 10. The van der Waals surface area contributed by atoms with Crippen molar-refractivity contribution in [1.29, 1.82) is 0 Å². The number of fused-ring (bicyclic) bond motifs is 2. The number of nitrogens with one attached hydrogen (secondary N) is 4. The zero-order chi connectivity index (χ0) is 60.8. The van der Waals surface area contributed by atoms with Crippen LogP contribution >= 0.6 is 0 Å². The van der Waals surface area contributed by atoms with Crippen molar-refractivity contribution in [3.05, 3.63) is 125 Å². The number of carbonyl (C=O) groups is 4. The standard InChI is InChI=1S/C55H59F10N11O7/c1-52(2,54(60,61)62)45(71-51(82)83-5)47(78)69-41(19-32-12-9-31(10-13-32)11-14-33-15-16-44(67-22-33)74-26-34-18-35(27-74)25-73(24-34)43-8-6-7-17-66-43)42(77)30-75(72-48(79)46(70-50(80)81)53(3,4)55(63,64)65)29-38-39(56)20-36(21-40(38)57)37-23-68-76(28-37)49(58)59/h6-10,12-13,15-17,20-23,28,34-35,41-42,45-46,49,70,77H,18-19,24-27,29-30H2,1-5H3,(H,69,78)(H,71,82)(H,72,79)(H,80,81). The number of anilines is 2. The van der Waals surface area contributed by atoms with Gasteiger partial charge < -0.3 is 40.7 Å². The minimum Gasteiger partial charge on any atom is -0.465 e. The number of carboxylic acid groups (broad SMARTS) is 1. The number of hydrogen-bond acceptors (Lipinski definition) is 12. The van der Waals surface area contributed by atoms with E-state index in [0.29, 0.717) is 67.8 Å². The molecule has 83 heavy (non-hydrogen) atoms. The summed E-state index contributed by atoms with van der Waals surface area (Å²) in [5.41, 5.74) is -4.50. The second-order valence-corrected chi connectivity index (χ2v) is 21.4. The first-order chi connectivity index (χ1) is 38.9. The first kappa shape index (κ1) is 62.4. The topological polar surface area (TPSA) is 219 Å². The summed E-state index contributed by atoms with van der Waals surface area (Å²) < 4.78 is 150. The molecule has 2 aromatic carbocycles. The van der Waals surface area contributed by atoms with E-state index in [4.69, 9.17) is 0 Å². The monoisotopic (exact) mass is 1180 g/mol. The molecular weight excluding hydrogens is 1120 g/mol. The number of methoxy groups -OCH3 is 1. The number of aliphatic hydroxyl groups excluding tert-OH is 1. The average Bonchev–Trinajstić information content (AvgIpc) is 3.33. The third-order valence-corrected chi connectivity index (χ3v) is 14.6. The molecule has 28 heteroatoms. The molecule has 2 aliphatic rings. The van der Waals surface area contributed by atoms with E-state index in [2.05, 4.69) is 46.8 Å². The average molecular weight is 1180 g/mol. The Balaban J connectivity index is 1.16. The molecule has 2 bridgehead atoms. The number of hydrogen-bond donors (Lipinski definition) is 6. The summed E-state index contributed by atoms with van der Waals surface area (Å²) in [5, 5.41) is 31.0. The molecule has 2 aliphatic heterocycles. The molecule has 5 aromatic rings. The summed E-state index contributed by atoms with van der Waals surface area (Å²) in [6.07, 6.45) is -10.6. The number of alkyl carbamates (subject to hydrolysis) is 1. The molecule has 446 valence electrons. The molecule has 0 spiro atoms. The molecule has 0 saturated carbocycles. The van der Waals surface area contributed by atoms with Crippen LogP contribution in [-0.2, 0) is 27.3 Å². The van der Waals surface area contributed by atoms with E-state index in [1.54, 1.807) is 12.4 Å². The number of aliphatic hydroxyl groups is 1. The SMILES string of the molecule is COC(=O)NC(C(=O)NC(Cc1ccc(C#Cc2ccc(N3CC4CC(CN(c5ccccn5)C4)C3)nc2)cc1)C(O)CN(Cc1c(F)cc(-c2cnn(C(F)F)c2)cc1F)NC(=O)C(NC(=O)O)C(C)(C)C(F)(F)F)C(C)(C)C(F)(F)F. The quantitative estimate of drug-likeness (QED) is 0.0264. The van der Waals surface area contributed by atoms with Crippen molar-refractivity contribution in [2.75, 3.05) is 49.6 Å². The smallest absolute Gasteiger partial charge is 0.407 e. The van der Waals surface area contributed by atoms with Crippen molar-refractivity contribution < 1.29 is 78.0 Å². The highest BCUT2D eigenvalue weighted by Crippen LogP contribution is 2.42. The summed E-state index contributed by atoms with van der Waals surface area (Å²) in [7, 11) is 0.811. The van der Waals surface area contributed by atoms with Gasteiger partial charge in [-0.05, 0) is 112 Å². The minimum atomic E-state index is -5.29. The normalized spacial score (nSPS) is 17.2. The van der Waals surface area contributed by atoms with Gasteiger partial charge in [-0.3, -0.25) is 15.0 Å². The zero-order valence-electron chi connectivity index (χ0n) is 45.2. The lowest BCUT2D eigenvalue weighted by molar-refractivity contribution is -0.221. The Labute approximate surface area is 469 Å². The van der Waals surface area contributed by atoms with Gasteiger partial charge in [-0.15, -0.1) is 0 Å². The van der Waals surface area contributed by atoms with Gasteiger partial charge in [-0.1, -0.05) is 30.0 Å². The van der Waals surface area contributed by atoms with E-state index < -0.39 is 115 Å². The van der Waals surface area contributed by atoms with Crippen LogP contribution in [0.4, 0.5) is 65.1 Å². The predicted molar refractivity (Wildman–Crippen MR) is 280 cm³/mol. The molecule has 7 rings (SSSR count). The predicted octanol–water partition coefficient (Wildman–Crippen LogP) is 7.84.